The first-order valence-electron chi connectivity index (χ1n) is 7.90. The van der Waals surface area contributed by atoms with Gasteiger partial charge in [0.15, 0.2) is 5.78 Å². The lowest BCUT2D eigenvalue weighted by Crippen LogP contribution is -1.93. The third kappa shape index (κ3) is 16.3. The van der Waals surface area contributed by atoms with Gasteiger partial charge in [-0.1, -0.05) is 50.5 Å². The van der Waals surface area contributed by atoms with E-state index < -0.39 is 5.97 Å². The lowest BCUT2D eigenvalue weighted by Gasteiger charge is -1.97. The maximum atomic E-state index is 11.5. The van der Waals surface area contributed by atoms with Crippen LogP contribution in [-0.2, 0) is 9.59 Å². The van der Waals surface area contributed by atoms with E-state index in [9.17, 15) is 9.59 Å². The molecule has 0 atom stereocenters. The third-order valence-corrected chi connectivity index (χ3v) is 3.00. The number of carboxylic acids is 1. The predicted octanol–water partition coefficient (Wildman–Crippen LogP) is 4.84. The SMILES string of the molecule is CCC=CCC=CC(=O)C=CCCCCCCCC(=O)O. The summed E-state index contributed by atoms with van der Waals surface area (Å²) in [5.74, 6) is -0.670. The van der Waals surface area contributed by atoms with E-state index in [4.69, 9.17) is 5.11 Å². The van der Waals surface area contributed by atoms with Gasteiger partial charge in [0.1, 0.15) is 0 Å². The molecule has 0 aromatic heterocycles. The van der Waals surface area contributed by atoms with Crippen molar-refractivity contribution in [3.63, 3.8) is 0 Å². The molecule has 0 spiro atoms. The smallest absolute Gasteiger partial charge is 0.303 e. The minimum atomic E-state index is -0.713. The summed E-state index contributed by atoms with van der Waals surface area (Å²) in [5, 5.41) is 8.49. The van der Waals surface area contributed by atoms with Crippen LogP contribution >= 0.6 is 0 Å². The molecule has 0 bridgehead atoms. The molecule has 0 saturated carbocycles. The van der Waals surface area contributed by atoms with E-state index in [1.54, 1.807) is 12.2 Å². The van der Waals surface area contributed by atoms with Gasteiger partial charge in [-0.2, -0.15) is 0 Å². The summed E-state index contributed by atoms with van der Waals surface area (Å²) < 4.78 is 0. The monoisotopic (exact) mass is 292 g/mol. The Morgan fingerprint density at radius 2 is 1.52 bits per heavy atom. The van der Waals surface area contributed by atoms with E-state index in [-0.39, 0.29) is 12.2 Å². The molecule has 0 aliphatic heterocycles. The van der Waals surface area contributed by atoms with Crippen molar-refractivity contribution in [2.45, 2.75) is 64.7 Å². The lowest BCUT2D eigenvalue weighted by molar-refractivity contribution is -0.137. The molecule has 0 aliphatic carbocycles. The lowest BCUT2D eigenvalue weighted by atomic mass is 10.1. The molecule has 0 radical (unpaired) electrons. The van der Waals surface area contributed by atoms with Crippen LogP contribution in [0, 0.1) is 0 Å². The van der Waals surface area contributed by atoms with Crippen molar-refractivity contribution in [3.05, 3.63) is 36.5 Å². The number of allylic oxidation sites excluding steroid dienone is 6. The van der Waals surface area contributed by atoms with E-state index in [1.165, 1.54) is 0 Å². The van der Waals surface area contributed by atoms with Crippen LogP contribution in [0.2, 0.25) is 0 Å². The number of carbonyl (C=O) groups is 2. The average molecular weight is 292 g/mol. The molecule has 21 heavy (non-hydrogen) atoms. The Kier molecular flexibility index (Phi) is 13.6. The summed E-state index contributed by atoms with van der Waals surface area (Å²) in [5.41, 5.74) is 0. The number of hydrogen-bond acceptors (Lipinski definition) is 2. The van der Waals surface area contributed by atoms with Crippen LogP contribution in [0.5, 0.6) is 0 Å². The third-order valence-electron chi connectivity index (χ3n) is 3.00. The minimum Gasteiger partial charge on any atom is -0.481 e. The Balaban J connectivity index is 3.48. The zero-order valence-electron chi connectivity index (χ0n) is 13.1. The maximum absolute atomic E-state index is 11.5. The molecule has 0 saturated heterocycles. The minimum absolute atomic E-state index is 0.0429. The van der Waals surface area contributed by atoms with Crippen LogP contribution in [-0.4, -0.2) is 16.9 Å². The van der Waals surface area contributed by atoms with Gasteiger partial charge in [-0.3, -0.25) is 9.59 Å². The quantitative estimate of drug-likeness (QED) is 0.300. The zero-order chi connectivity index (χ0) is 15.8. The number of rotatable bonds is 13. The van der Waals surface area contributed by atoms with E-state index in [2.05, 4.69) is 19.1 Å². The summed E-state index contributed by atoms with van der Waals surface area (Å²) in [6.45, 7) is 2.08. The van der Waals surface area contributed by atoms with Crippen LogP contribution in [0.1, 0.15) is 64.7 Å². The highest BCUT2D eigenvalue weighted by Crippen LogP contribution is 2.07. The Labute approximate surface area is 128 Å². The van der Waals surface area contributed by atoms with Gasteiger partial charge in [-0.05, 0) is 44.3 Å². The highest BCUT2D eigenvalue weighted by molar-refractivity contribution is 5.99. The van der Waals surface area contributed by atoms with Gasteiger partial charge in [0.05, 0.1) is 0 Å². The molecular formula is C18H28O3. The molecule has 1 N–H and O–H groups in total. The second-order valence-electron chi connectivity index (χ2n) is 5.02. The standard InChI is InChI=1S/C18H28O3/c1-2-3-4-8-11-14-17(19)15-12-9-6-5-7-10-13-16-18(20)21/h3-4,11-12,14-15H,2,5-10,13,16H2,1H3,(H,20,21). The fourth-order valence-electron chi connectivity index (χ4n) is 1.85. The summed E-state index contributed by atoms with van der Waals surface area (Å²) in [6.07, 6.45) is 19.2. The highest BCUT2D eigenvalue weighted by Gasteiger charge is 1.96. The van der Waals surface area contributed by atoms with Gasteiger partial charge >= 0.3 is 5.97 Å². The Hall–Kier alpha value is -1.64. The molecule has 3 nitrogen and oxygen atoms in total. The Morgan fingerprint density at radius 1 is 0.857 bits per heavy atom. The molecule has 0 aliphatic rings. The number of carboxylic acid groups (broad SMARTS) is 1. The first-order valence-corrected chi connectivity index (χ1v) is 7.90. The van der Waals surface area contributed by atoms with Crippen LogP contribution in [0.3, 0.4) is 0 Å². The van der Waals surface area contributed by atoms with Gasteiger partial charge < -0.3 is 5.11 Å². The summed E-state index contributed by atoms with van der Waals surface area (Å²) >= 11 is 0. The molecule has 0 rings (SSSR count). The summed E-state index contributed by atoms with van der Waals surface area (Å²) in [7, 11) is 0. The number of hydrogen-bond donors (Lipinski definition) is 1. The maximum Gasteiger partial charge on any atom is 0.303 e. The molecule has 0 amide bonds. The van der Waals surface area contributed by atoms with E-state index in [0.29, 0.717) is 0 Å². The average Bonchev–Trinajstić information content (AvgIpc) is 2.45. The van der Waals surface area contributed by atoms with Crippen molar-refractivity contribution < 1.29 is 14.7 Å². The number of ketones is 1. The van der Waals surface area contributed by atoms with Gasteiger partial charge in [0, 0.05) is 6.42 Å². The molecule has 0 unspecified atom stereocenters. The number of unbranched alkanes of at least 4 members (excludes halogenated alkanes) is 5. The van der Waals surface area contributed by atoms with E-state index in [1.807, 2.05) is 12.2 Å². The van der Waals surface area contributed by atoms with Crippen molar-refractivity contribution in [1.29, 1.82) is 0 Å². The fourth-order valence-corrected chi connectivity index (χ4v) is 1.85. The first kappa shape index (κ1) is 19.4. The van der Waals surface area contributed by atoms with Crippen LogP contribution < -0.4 is 0 Å². The first-order chi connectivity index (χ1) is 10.2. The molecule has 0 heterocycles. The van der Waals surface area contributed by atoms with Gasteiger partial charge in [-0.25, -0.2) is 0 Å². The van der Waals surface area contributed by atoms with Gasteiger partial charge in [-0.15, -0.1) is 0 Å². The van der Waals surface area contributed by atoms with Gasteiger partial charge in [0.2, 0.25) is 0 Å². The van der Waals surface area contributed by atoms with E-state index >= 15 is 0 Å². The Morgan fingerprint density at radius 3 is 2.24 bits per heavy atom. The second kappa shape index (κ2) is 14.8. The van der Waals surface area contributed by atoms with E-state index in [0.717, 1.165) is 51.4 Å². The molecule has 3 heteroatoms. The topological polar surface area (TPSA) is 54.4 Å². The summed E-state index contributed by atoms with van der Waals surface area (Å²) in [4.78, 5) is 21.8. The van der Waals surface area contributed by atoms with Crippen LogP contribution in [0.4, 0.5) is 0 Å². The number of aliphatic carboxylic acids is 1. The molecule has 0 aromatic carbocycles. The van der Waals surface area contributed by atoms with Crippen molar-refractivity contribution >= 4 is 11.8 Å². The van der Waals surface area contributed by atoms with Gasteiger partial charge in [0.25, 0.3) is 0 Å². The van der Waals surface area contributed by atoms with Crippen molar-refractivity contribution in [2.24, 2.45) is 0 Å². The normalized spacial score (nSPS) is 11.9. The van der Waals surface area contributed by atoms with Crippen LogP contribution in [0.25, 0.3) is 0 Å². The van der Waals surface area contributed by atoms with Crippen molar-refractivity contribution in [1.82, 2.24) is 0 Å². The zero-order valence-corrected chi connectivity index (χ0v) is 13.1. The van der Waals surface area contributed by atoms with Crippen molar-refractivity contribution in [2.75, 3.05) is 0 Å². The molecule has 118 valence electrons. The Bertz CT molecular complexity index is 365. The predicted molar refractivity (Wildman–Crippen MR) is 87.3 cm³/mol. The summed E-state index contributed by atoms with van der Waals surface area (Å²) in [6, 6.07) is 0. The molecule has 0 fully saturated rings. The molecular weight excluding hydrogens is 264 g/mol. The largest absolute Gasteiger partial charge is 0.481 e. The molecule has 0 aromatic rings. The highest BCUT2D eigenvalue weighted by atomic mass is 16.4. The fraction of sp³-hybridized carbons (Fsp3) is 0.556. The second-order valence-corrected chi connectivity index (χ2v) is 5.02. The van der Waals surface area contributed by atoms with Crippen LogP contribution in [0.15, 0.2) is 36.5 Å². The number of carbonyl (C=O) groups excluding carboxylic acids is 1. The van der Waals surface area contributed by atoms with Crippen molar-refractivity contribution in [3.8, 4) is 0 Å².